The van der Waals surface area contributed by atoms with Crippen molar-refractivity contribution in [2.24, 2.45) is 0 Å². The highest BCUT2D eigenvalue weighted by Crippen LogP contribution is 2.00. The number of ether oxygens (including phenoxy) is 3. The van der Waals surface area contributed by atoms with E-state index in [-0.39, 0.29) is 0 Å². The number of rotatable bonds is 16. The van der Waals surface area contributed by atoms with Gasteiger partial charge in [-0.15, -0.1) is 0 Å². The summed E-state index contributed by atoms with van der Waals surface area (Å²) in [6, 6.07) is 0. The van der Waals surface area contributed by atoms with Gasteiger partial charge in [0.2, 0.25) is 0 Å². The Morgan fingerprint density at radius 2 is 1.00 bits per heavy atom. The van der Waals surface area contributed by atoms with Gasteiger partial charge < -0.3 is 14.2 Å². The second kappa shape index (κ2) is 20.1. The highest BCUT2D eigenvalue weighted by atomic mass is 32.2. The average molecular weight is 335 g/mol. The first-order chi connectivity index (χ1) is 10.4. The summed E-state index contributed by atoms with van der Waals surface area (Å²) in [5.74, 6) is 4.22. The van der Waals surface area contributed by atoms with E-state index in [4.69, 9.17) is 14.2 Å². The topological polar surface area (TPSA) is 27.7 Å². The van der Waals surface area contributed by atoms with Crippen LogP contribution in [0.15, 0.2) is 24.3 Å². The van der Waals surface area contributed by atoms with Crippen LogP contribution < -0.4 is 0 Å². The molecule has 0 aliphatic rings. The maximum absolute atomic E-state index is 5.48. The molecule has 0 aromatic carbocycles. The summed E-state index contributed by atoms with van der Waals surface area (Å²) in [7, 11) is 0. The van der Waals surface area contributed by atoms with Gasteiger partial charge in [-0.3, -0.25) is 0 Å². The van der Waals surface area contributed by atoms with Crippen molar-refractivity contribution in [1.29, 1.82) is 0 Å². The number of hydrogen-bond donors (Lipinski definition) is 0. The molecule has 0 aliphatic heterocycles. The van der Waals surface area contributed by atoms with E-state index < -0.39 is 0 Å². The summed E-state index contributed by atoms with van der Waals surface area (Å²) < 4.78 is 16.4. The van der Waals surface area contributed by atoms with Crippen molar-refractivity contribution in [3.05, 3.63) is 24.3 Å². The summed E-state index contributed by atoms with van der Waals surface area (Å²) in [6.07, 6.45) is 8.47. The monoisotopic (exact) mass is 334 g/mol. The Morgan fingerprint density at radius 3 is 1.38 bits per heavy atom. The molecule has 0 saturated heterocycles. The fraction of sp³-hybridized carbons (Fsp3) is 0.750. The third-order valence-corrected chi connectivity index (χ3v) is 4.15. The minimum atomic E-state index is 0.652. The summed E-state index contributed by atoms with van der Waals surface area (Å²) >= 11 is 3.77. The smallest absolute Gasteiger partial charge is 0.0701 e. The molecule has 0 aromatic rings. The summed E-state index contributed by atoms with van der Waals surface area (Å²) in [5.41, 5.74) is 0. The quantitative estimate of drug-likeness (QED) is 0.317. The van der Waals surface area contributed by atoms with Crippen LogP contribution in [0.2, 0.25) is 0 Å². The van der Waals surface area contributed by atoms with E-state index in [1.807, 2.05) is 37.4 Å². The maximum Gasteiger partial charge on any atom is 0.0701 e. The maximum atomic E-state index is 5.48. The zero-order valence-electron chi connectivity index (χ0n) is 13.4. The van der Waals surface area contributed by atoms with Gasteiger partial charge in [-0.1, -0.05) is 24.3 Å². The van der Waals surface area contributed by atoms with Crippen LogP contribution in [-0.2, 0) is 14.2 Å². The van der Waals surface area contributed by atoms with Gasteiger partial charge in [-0.05, 0) is 13.8 Å². The van der Waals surface area contributed by atoms with Crippen LogP contribution in [-0.4, -0.2) is 62.7 Å². The van der Waals surface area contributed by atoms with E-state index in [1.165, 1.54) is 0 Å². The van der Waals surface area contributed by atoms with E-state index in [0.29, 0.717) is 26.4 Å². The minimum absolute atomic E-state index is 0.652. The Morgan fingerprint density at radius 1 is 0.619 bits per heavy atom. The first kappa shape index (κ1) is 21.1. The largest absolute Gasteiger partial charge is 0.378 e. The van der Waals surface area contributed by atoms with Crippen LogP contribution in [0.4, 0.5) is 0 Å². The number of allylic oxidation sites excluding steroid dienone is 2. The molecule has 0 heterocycles. The van der Waals surface area contributed by atoms with Crippen molar-refractivity contribution < 1.29 is 14.2 Å². The molecule has 0 spiro atoms. The Labute approximate surface area is 138 Å². The second-order valence-corrected chi connectivity index (χ2v) is 6.42. The highest BCUT2D eigenvalue weighted by Gasteiger charge is 1.92. The van der Waals surface area contributed by atoms with Crippen LogP contribution in [0.3, 0.4) is 0 Å². The molecule has 0 bridgehead atoms. The summed E-state index contributed by atoms with van der Waals surface area (Å²) in [5, 5.41) is 0. The fourth-order valence-electron chi connectivity index (χ4n) is 1.27. The molecule has 0 fully saturated rings. The lowest BCUT2D eigenvalue weighted by molar-refractivity contribution is 0.0205. The number of thioether (sulfide) groups is 2. The molecule has 0 amide bonds. The van der Waals surface area contributed by atoms with Crippen LogP contribution in [0.25, 0.3) is 0 Å². The van der Waals surface area contributed by atoms with Gasteiger partial charge in [0.05, 0.1) is 39.6 Å². The molecule has 0 N–H and O–H groups in total. The summed E-state index contributed by atoms with van der Waals surface area (Å²) in [6.45, 7) is 8.32. The molecule has 0 rings (SSSR count). The van der Waals surface area contributed by atoms with E-state index in [2.05, 4.69) is 24.3 Å². The van der Waals surface area contributed by atoms with Gasteiger partial charge in [0.25, 0.3) is 0 Å². The molecule has 0 atom stereocenters. The van der Waals surface area contributed by atoms with Gasteiger partial charge >= 0.3 is 0 Å². The Hall–Kier alpha value is 0.0600. The van der Waals surface area contributed by atoms with Crippen LogP contribution in [0.1, 0.15) is 13.8 Å². The predicted octanol–water partition coefficient (Wildman–Crippen LogP) is 3.65. The van der Waals surface area contributed by atoms with E-state index in [0.717, 1.165) is 36.2 Å². The molecule has 3 nitrogen and oxygen atoms in total. The normalized spacial score (nSPS) is 11.9. The van der Waals surface area contributed by atoms with Gasteiger partial charge in [0.1, 0.15) is 0 Å². The van der Waals surface area contributed by atoms with Gasteiger partial charge in [-0.2, -0.15) is 23.5 Å². The zero-order valence-corrected chi connectivity index (χ0v) is 15.1. The molecule has 5 heteroatoms. The van der Waals surface area contributed by atoms with Crippen molar-refractivity contribution >= 4 is 23.5 Å². The van der Waals surface area contributed by atoms with Crippen molar-refractivity contribution in [2.45, 2.75) is 13.8 Å². The highest BCUT2D eigenvalue weighted by molar-refractivity contribution is 7.99. The third-order valence-electron chi connectivity index (χ3n) is 2.39. The molecular formula is C16H30O3S2. The zero-order chi connectivity index (χ0) is 15.4. The van der Waals surface area contributed by atoms with Crippen molar-refractivity contribution in [3.63, 3.8) is 0 Å². The molecule has 124 valence electrons. The molecular weight excluding hydrogens is 304 g/mol. The first-order valence-electron chi connectivity index (χ1n) is 7.52. The van der Waals surface area contributed by atoms with Crippen LogP contribution >= 0.6 is 23.5 Å². The SMILES string of the molecule is CC=CCSCCOCCOCCOCCSCC=CC. The lowest BCUT2D eigenvalue weighted by Crippen LogP contribution is -2.11. The van der Waals surface area contributed by atoms with E-state index in [9.17, 15) is 0 Å². The molecule has 0 aliphatic carbocycles. The van der Waals surface area contributed by atoms with E-state index >= 15 is 0 Å². The predicted molar refractivity (Wildman–Crippen MR) is 96.7 cm³/mol. The summed E-state index contributed by atoms with van der Waals surface area (Å²) in [4.78, 5) is 0. The molecule has 0 radical (unpaired) electrons. The average Bonchev–Trinajstić information content (AvgIpc) is 2.50. The number of hydrogen-bond acceptors (Lipinski definition) is 5. The van der Waals surface area contributed by atoms with E-state index in [1.54, 1.807) is 0 Å². The van der Waals surface area contributed by atoms with Gasteiger partial charge in [0.15, 0.2) is 0 Å². The van der Waals surface area contributed by atoms with Gasteiger partial charge in [-0.25, -0.2) is 0 Å². The van der Waals surface area contributed by atoms with Crippen LogP contribution in [0.5, 0.6) is 0 Å². The van der Waals surface area contributed by atoms with Gasteiger partial charge in [0, 0.05) is 23.0 Å². The lowest BCUT2D eigenvalue weighted by atomic mass is 10.6. The van der Waals surface area contributed by atoms with Crippen molar-refractivity contribution in [2.75, 3.05) is 62.7 Å². The molecule has 0 aromatic heterocycles. The molecule has 21 heavy (non-hydrogen) atoms. The van der Waals surface area contributed by atoms with Crippen molar-refractivity contribution in [3.8, 4) is 0 Å². The fourth-order valence-corrected chi connectivity index (χ4v) is 2.73. The third kappa shape index (κ3) is 20.1. The minimum Gasteiger partial charge on any atom is -0.378 e. The molecule has 0 saturated carbocycles. The standard InChI is InChI=1S/C16H30O3S2/c1-3-5-13-20-15-11-18-9-7-17-8-10-19-12-16-21-14-6-4-2/h3-6H,7-16H2,1-2H3. The Kier molecular flexibility index (Phi) is 20.1. The van der Waals surface area contributed by atoms with Crippen LogP contribution in [0, 0.1) is 0 Å². The van der Waals surface area contributed by atoms with Crippen molar-refractivity contribution in [1.82, 2.24) is 0 Å². The Balaban J connectivity index is 2.96. The molecule has 0 unspecified atom stereocenters. The lowest BCUT2D eigenvalue weighted by Gasteiger charge is -2.06. The second-order valence-electron chi connectivity index (χ2n) is 4.13. The first-order valence-corrected chi connectivity index (χ1v) is 9.83. The Bertz CT molecular complexity index is 222.